The van der Waals surface area contributed by atoms with Crippen molar-refractivity contribution in [2.45, 2.75) is 52.0 Å². The first kappa shape index (κ1) is 15.2. The molecule has 3 nitrogen and oxygen atoms in total. The lowest BCUT2D eigenvalue weighted by Gasteiger charge is -2.50. The second-order valence-corrected chi connectivity index (χ2v) is 6.33. The standard InChI is InChI=1S/C17H27NO2/c1-5-6-9-20-14-8-7-12(10-15(14)19-4)13-11-16(18)17(13,2)3/h7-8,10,13,16H,5-6,9,11,18H2,1-4H3. The van der Waals surface area contributed by atoms with Crippen LogP contribution >= 0.6 is 0 Å². The van der Waals surface area contributed by atoms with E-state index < -0.39 is 0 Å². The quantitative estimate of drug-likeness (QED) is 0.806. The average molecular weight is 277 g/mol. The van der Waals surface area contributed by atoms with Crippen LogP contribution in [0.3, 0.4) is 0 Å². The Kier molecular flexibility index (Phi) is 4.59. The van der Waals surface area contributed by atoms with Gasteiger partial charge in [0, 0.05) is 6.04 Å². The average Bonchev–Trinajstić information content (AvgIpc) is 2.45. The van der Waals surface area contributed by atoms with Crippen LogP contribution in [0.4, 0.5) is 0 Å². The summed E-state index contributed by atoms with van der Waals surface area (Å²) < 4.78 is 11.3. The molecular weight excluding hydrogens is 250 g/mol. The van der Waals surface area contributed by atoms with Crippen molar-refractivity contribution in [3.8, 4) is 11.5 Å². The number of hydrogen-bond donors (Lipinski definition) is 1. The van der Waals surface area contributed by atoms with E-state index in [1.54, 1.807) is 7.11 Å². The minimum absolute atomic E-state index is 0.162. The third-order valence-electron chi connectivity index (χ3n) is 4.69. The summed E-state index contributed by atoms with van der Waals surface area (Å²) in [5.74, 6) is 2.18. The Hall–Kier alpha value is -1.22. The Bertz CT molecular complexity index is 456. The van der Waals surface area contributed by atoms with Gasteiger partial charge in [0.2, 0.25) is 0 Å². The molecule has 3 heteroatoms. The van der Waals surface area contributed by atoms with E-state index in [2.05, 4.69) is 32.9 Å². The first-order valence-electron chi connectivity index (χ1n) is 7.57. The van der Waals surface area contributed by atoms with Crippen molar-refractivity contribution in [1.29, 1.82) is 0 Å². The summed E-state index contributed by atoms with van der Waals surface area (Å²) in [6.07, 6.45) is 3.25. The van der Waals surface area contributed by atoms with Gasteiger partial charge < -0.3 is 15.2 Å². The normalized spacial score (nSPS) is 24.1. The zero-order chi connectivity index (χ0) is 14.8. The second-order valence-electron chi connectivity index (χ2n) is 6.33. The number of unbranched alkanes of at least 4 members (excludes halogenated alkanes) is 1. The van der Waals surface area contributed by atoms with E-state index in [1.165, 1.54) is 5.56 Å². The van der Waals surface area contributed by atoms with E-state index in [0.29, 0.717) is 12.0 Å². The summed E-state index contributed by atoms with van der Waals surface area (Å²) in [5, 5.41) is 0. The molecule has 0 spiro atoms. The van der Waals surface area contributed by atoms with E-state index in [4.69, 9.17) is 15.2 Å². The molecule has 20 heavy (non-hydrogen) atoms. The fourth-order valence-corrected chi connectivity index (χ4v) is 2.87. The van der Waals surface area contributed by atoms with Crippen molar-refractivity contribution < 1.29 is 9.47 Å². The van der Waals surface area contributed by atoms with Gasteiger partial charge in [-0.1, -0.05) is 33.3 Å². The van der Waals surface area contributed by atoms with Crippen molar-refractivity contribution in [3.63, 3.8) is 0 Å². The molecule has 1 aromatic carbocycles. The topological polar surface area (TPSA) is 44.5 Å². The fourth-order valence-electron chi connectivity index (χ4n) is 2.87. The minimum Gasteiger partial charge on any atom is -0.493 e. The first-order chi connectivity index (χ1) is 9.50. The van der Waals surface area contributed by atoms with Crippen LogP contribution in [0.25, 0.3) is 0 Å². The maximum atomic E-state index is 6.11. The molecule has 1 aliphatic rings. The summed E-state index contributed by atoms with van der Waals surface area (Å²) >= 11 is 0. The summed E-state index contributed by atoms with van der Waals surface area (Å²) in [5.41, 5.74) is 7.57. The molecule has 2 atom stereocenters. The van der Waals surface area contributed by atoms with E-state index in [1.807, 2.05) is 6.07 Å². The van der Waals surface area contributed by atoms with E-state index >= 15 is 0 Å². The largest absolute Gasteiger partial charge is 0.493 e. The molecular formula is C17H27NO2. The highest BCUT2D eigenvalue weighted by Gasteiger charge is 2.46. The summed E-state index contributed by atoms with van der Waals surface area (Å²) in [4.78, 5) is 0. The maximum absolute atomic E-state index is 6.11. The van der Waals surface area contributed by atoms with Gasteiger partial charge >= 0.3 is 0 Å². The van der Waals surface area contributed by atoms with Gasteiger partial charge in [-0.25, -0.2) is 0 Å². The third-order valence-corrected chi connectivity index (χ3v) is 4.69. The van der Waals surface area contributed by atoms with Crippen LogP contribution in [0, 0.1) is 5.41 Å². The Morgan fingerprint density at radius 3 is 2.60 bits per heavy atom. The summed E-state index contributed by atoms with van der Waals surface area (Å²) in [6, 6.07) is 6.59. The fraction of sp³-hybridized carbons (Fsp3) is 0.647. The highest BCUT2D eigenvalue weighted by molar-refractivity contribution is 5.45. The van der Waals surface area contributed by atoms with Crippen molar-refractivity contribution in [2.24, 2.45) is 11.1 Å². The van der Waals surface area contributed by atoms with E-state index in [0.717, 1.165) is 37.4 Å². The molecule has 0 heterocycles. The Morgan fingerprint density at radius 2 is 2.05 bits per heavy atom. The van der Waals surface area contributed by atoms with Crippen LogP contribution in [0.15, 0.2) is 18.2 Å². The Labute approximate surface area is 122 Å². The Morgan fingerprint density at radius 1 is 1.30 bits per heavy atom. The number of rotatable bonds is 6. The lowest BCUT2D eigenvalue weighted by Crippen LogP contribution is -2.52. The molecule has 0 amide bonds. The lowest BCUT2D eigenvalue weighted by molar-refractivity contribution is 0.0981. The molecule has 0 radical (unpaired) electrons. The zero-order valence-corrected chi connectivity index (χ0v) is 13.1. The van der Waals surface area contributed by atoms with Gasteiger partial charge in [0.25, 0.3) is 0 Å². The molecule has 0 aromatic heterocycles. The molecule has 1 saturated carbocycles. The number of benzene rings is 1. The number of nitrogens with two attached hydrogens (primary N) is 1. The molecule has 0 bridgehead atoms. The smallest absolute Gasteiger partial charge is 0.161 e. The van der Waals surface area contributed by atoms with Gasteiger partial charge in [-0.15, -0.1) is 0 Å². The number of hydrogen-bond acceptors (Lipinski definition) is 3. The molecule has 2 unspecified atom stereocenters. The summed E-state index contributed by atoms with van der Waals surface area (Å²) in [7, 11) is 1.70. The molecule has 0 saturated heterocycles. The van der Waals surface area contributed by atoms with Crippen LogP contribution in [0.1, 0.15) is 51.5 Å². The van der Waals surface area contributed by atoms with Gasteiger partial charge in [0.05, 0.1) is 13.7 Å². The monoisotopic (exact) mass is 277 g/mol. The van der Waals surface area contributed by atoms with Crippen LogP contribution in [-0.4, -0.2) is 19.8 Å². The number of ether oxygens (including phenoxy) is 2. The Balaban J connectivity index is 2.13. The lowest BCUT2D eigenvalue weighted by atomic mass is 9.57. The van der Waals surface area contributed by atoms with Crippen molar-refractivity contribution in [3.05, 3.63) is 23.8 Å². The molecule has 1 fully saturated rings. The van der Waals surface area contributed by atoms with E-state index in [9.17, 15) is 0 Å². The molecule has 1 aliphatic carbocycles. The maximum Gasteiger partial charge on any atom is 0.161 e. The van der Waals surface area contributed by atoms with Crippen LogP contribution < -0.4 is 15.2 Å². The molecule has 2 N–H and O–H groups in total. The third kappa shape index (κ3) is 2.78. The molecule has 1 aromatic rings. The number of methoxy groups -OCH3 is 1. The van der Waals surface area contributed by atoms with Crippen molar-refractivity contribution >= 4 is 0 Å². The highest BCUT2D eigenvalue weighted by Crippen LogP contribution is 2.52. The molecule has 2 rings (SSSR count). The van der Waals surface area contributed by atoms with Gasteiger partial charge in [-0.2, -0.15) is 0 Å². The van der Waals surface area contributed by atoms with Gasteiger partial charge in [-0.05, 0) is 41.9 Å². The predicted octanol–water partition coefficient (Wildman–Crippen LogP) is 3.71. The summed E-state index contributed by atoms with van der Waals surface area (Å²) in [6.45, 7) is 7.38. The molecule has 112 valence electrons. The first-order valence-corrected chi connectivity index (χ1v) is 7.57. The van der Waals surface area contributed by atoms with Gasteiger partial charge in [-0.3, -0.25) is 0 Å². The predicted molar refractivity (Wildman–Crippen MR) is 82.5 cm³/mol. The zero-order valence-electron chi connectivity index (χ0n) is 13.1. The van der Waals surface area contributed by atoms with Crippen LogP contribution in [0.2, 0.25) is 0 Å². The molecule has 0 aliphatic heterocycles. The SMILES string of the molecule is CCCCOc1ccc(C2CC(N)C2(C)C)cc1OC. The van der Waals surface area contributed by atoms with E-state index in [-0.39, 0.29) is 5.41 Å². The van der Waals surface area contributed by atoms with Crippen molar-refractivity contribution in [2.75, 3.05) is 13.7 Å². The van der Waals surface area contributed by atoms with Gasteiger partial charge in [0.15, 0.2) is 11.5 Å². The van der Waals surface area contributed by atoms with Crippen LogP contribution in [-0.2, 0) is 0 Å². The minimum atomic E-state index is 0.162. The van der Waals surface area contributed by atoms with Crippen LogP contribution in [0.5, 0.6) is 11.5 Å². The second kappa shape index (κ2) is 6.04. The van der Waals surface area contributed by atoms with Crippen molar-refractivity contribution in [1.82, 2.24) is 0 Å². The highest BCUT2D eigenvalue weighted by atomic mass is 16.5. The van der Waals surface area contributed by atoms with Gasteiger partial charge in [0.1, 0.15) is 0 Å².